The van der Waals surface area contributed by atoms with Crippen molar-refractivity contribution in [1.29, 1.82) is 0 Å². The molecule has 4 heterocycles. The van der Waals surface area contributed by atoms with Gasteiger partial charge in [0.05, 0.1) is 23.8 Å². The molecular formula is C33H31N5O7. The Morgan fingerprint density at radius 2 is 1.91 bits per heavy atom. The lowest BCUT2D eigenvalue weighted by Gasteiger charge is -2.27. The molecule has 0 radical (unpaired) electrons. The Balaban J connectivity index is 0.981. The van der Waals surface area contributed by atoms with Crippen LogP contribution in [0.25, 0.3) is 11.0 Å². The van der Waals surface area contributed by atoms with Crippen molar-refractivity contribution in [2.24, 2.45) is 0 Å². The van der Waals surface area contributed by atoms with Crippen molar-refractivity contribution in [3.63, 3.8) is 0 Å². The van der Waals surface area contributed by atoms with E-state index in [0.717, 1.165) is 27.2 Å². The van der Waals surface area contributed by atoms with Crippen LogP contribution >= 0.6 is 0 Å². The minimum atomic E-state index is -1.03. The predicted octanol–water partition coefficient (Wildman–Crippen LogP) is 2.28. The number of hydrogen-bond donors (Lipinski definition) is 3. The number of fused-ring (bicyclic) bond motifs is 2. The summed E-state index contributed by atoms with van der Waals surface area (Å²) in [5.41, 5.74) is 2.73. The summed E-state index contributed by atoms with van der Waals surface area (Å²) >= 11 is 0. The Morgan fingerprint density at radius 3 is 2.71 bits per heavy atom. The largest absolute Gasteiger partial charge is 0.459 e. The monoisotopic (exact) mass is 609 g/mol. The van der Waals surface area contributed by atoms with E-state index in [-0.39, 0.29) is 55.6 Å². The van der Waals surface area contributed by atoms with E-state index >= 15 is 0 Å². The highest BCUT2D eigenvalue weighted by molar-refractivity contribution is 6.24. The molecule has 2 aliphatic rings. The number of pyridine rings is 1. The maximum atomic E-state index is 13.2. The van der Waals surface area contributed by atoms with Gasteiger partial charge in [-0.3, -0.25) is 39.2 Å². The number of aromatic nitrogens is 1. The van der Waals surface area contributed by atoms with E-state index in [0.29, 0.717) is 18.7 Å². The van der Waals surface area contributed by atoms with E-state index in [2.05, 4.69) is 20.9 Å². The number of furan rings is 1. The second-order valence-electron chi connectivity index (χ2n) is 10.8. The maximum absolute atomic E-state index is 13.2. The summed E-state index contributed by atoms with van der Waals surface area (Å²) in [6, 6.07) is 17.2. The number of carbonyl (C=O) groups is 5. The van der Waals surface area contributed by atoms with Crippen molar-refractivity contribution in [3.05, 3.63) is 101 Å². The molecule has 3 N–H and O–H groups in total. The Bertz CT molecular complexity index is 1740. The van der Waals surface area contributed by atoms with Crippen molar-refractivity contribution in [2.45, 2.75) is 31.3 Å². The third kappa shape index (κ3) is 6.37. The molecule has 230 valence electrons. The number of carbonyl (C=O) groups excluding carboxylic acids is 5. The van der Waals surface area contributed by atoms with Crippen molar-refractivity contribution < 1.29 is 33.1 Å². The Kier molecular flexibility index (Phi) is 8.76. The molecule has 12 heteroatoms. The average Bonchev–Trinajstić information content (AvgIpc) is 3.58. The first-order valence-corrected chi connectivity index (χ1v) is 14.7. The number of rotatable bonds is 12. The molecule has 0 spiro atoms. The molecule has 2 aromatic carbocycles. The van der Waals surface area contributed by atoms with Crippen LogP contribution < -0.4 is 16.0 Å². The van der Waals surface area contributed by atoms with E-state index in [4.69, 9.17) is 9.15 Å². The van der Waals surface area contributed by atoms with Gasteiger partial charge in [-0.1, -0.05) is 36.4 Å². The zero-order valence-electron chi connectivity index (χ0n) is 24.3. The van der Waals surface area contributed by atoms with Gasteiger partial charge in [0.2, 0.25) is 17.7 Å². The minimum Gasteiger partial charge on any atom is -0.459 e. The summed E-state index contributed by atoms with van der Waals surface area (Å²) in [4.78, 5) is 67.7. The number of nitrogens with one attached hydrogen (secondary N) is 3. The smallest absolute Gasteiger partial charge is 0.262 e. The number of para-hydroxylation sites is 1. The molecule has 1 saturated heterocycles. The van der Waals surface area contributed by atoms with Gasteiger partial charge in [-0.25, -0.2) is 0 Å². The first-order chi connectivity index (χ1) is 21.9. The van der Waals surface area contributed by atoms with Gasteiger partial charge in [0.25, 0.3) is 11.8 Å². The third-order valence-electron chi connectivity index (χ3n) is 7.85. The number of amides is 5. The van der Waals surface area contributed by atoms with Gasteiger partial charge in [-0.05, 0) is 48.2 Å². The van der Waals surface area contributed by atoms with Crippen LogP contribution in [-0.2, 0) is 25.5 Å². The quantitative estimate of drug-likeness (QED) is 0.162. The fourth-order valence-electron chi connectivity index (χ4n) is 5.68. The van der Waals surface area contributed by atoms with Crippen molar-refractivity contribution in [2.75, 3.05) is 26.3 Å². The lowest BCUT2D eigenvalue weighted by atomic mass is 10.0. The first-order valence-electron chi connectivity index (χ1n) is 14.7. The molecule has 2 atom stereocenters. The number of piperidine rings is 1. The molecule has 2 aromatic heterocycles. The molecule has 0 saturated carbocycles. The molecular weight excluding hydrogens is 578 g/mol. The number of hydrogen-bond acceptors (Lipinski definition) is 9. The summed E-state index contributed by atoms with van der Waals surface area (Å²) in [6.45, 7) is 0.757. The molecule has 12 nitrogen and oxygen atoms in total. The number of imide groups is 2. The second kappa shape index (κ2) is 13.2. The minimum absolute atomic E-state index is 0.0506. The van der Waals surface area contributed by atoms with Gasteiger partial charge < -0.3 is 19.8 Å². The highest BCUT2D eigenvalue weighted by atomic mass is 16.5. The van der Waals surface area contributed by atoms with Crippen LogP contribution in [0.4, 0.5) is 0 Å². The van der Waals surface area contributed by atoms with E-state index < -0.39 is 29.7 Å². The van der Waals surface area contributed by atoms with Gasteiger partial charge >= 0.3 is 0 Å². The first kappa shape index (κ1) is 29.9. The Morgan fingerprint density at radius 1 is 1.04 bits per heavy atom. The Hall–Kier alpha value is -5.20. The molecule has 2 aliphatic heterocycles. The molecule has 2 unspecified atom stereocenters. The second-order valence-corrected chi connectivity index (χ2v) is 10.8. The molecule has 1 fully saturated rings. The molecule has 0 aliphatic carbocycles. The molecule has 45 heavy (non-hydrogen) atoms. The van der Waals surface area contributed by atoms with Crippen molar-refractivity contribution >= 4 is 40.5 Å². The number of benzene rings is 2. The molecule has 0 bridgehead atoms. The highest BCUT2D eigenvalue weighted by Crippen LogP contribution is 2.30. The van der Waals surface area contributed by atoms with Crippen LogP contribution in [0, 0.1) is 0 Å². The lowest BCUT2D eigenvalue weighted by molar-refractivity contribution is -0.136. The van der Waals surface area contributed by atoms with Crippen molar-refractivity contribution in [3.8, 4) is 0 Å². The van der Waals surface area contributed by atoms with E-state index in [1.807, 2.05) is 42.5 Å². The van der Waals surface area contributed by atoms with Crippen molar-refractivity contribution in [1.82, 2.24) is 25.8 Å². The summed E-state index contributed by atoms with van der Waals surface area (Å²) in [5.74, 6) is -1.78. The summed E-state index contributed by atoms with van der Waals surface area (Å²) in [5, 5.41) is 9.45. The fourth-order valence-corrected chi connectivity index (χ4v) is 5.68. The van der Waals surface area contributed by atoms with Gasteiger partial charge in [-0.2, -0.15) is 0 Å². The number of nitrogens with zero attached hydrogens (tertiary/aromatic N) is 2. The Labute approximate surface area is 258 Å². The highest BCUT2D eigenvalue weighted by Gasteiger charge is 2.45. The van der Waals surface area contributed by atoms with Crippen LogP contribution in [0.2, 0.25) is 0 Å². The predicted molar refractivity (Wildman–Crippen MR) is 161 cm³/mol. The summed E-state index contributed by atoms with van der Waals surface area (Å²) in [6.07, 6.45) is 3.90. The van der Waals surface area contributed by atoms with Gasteiger partial charge in [0.15, 0.2) is 0 Å². The third-order valence-corrected chi connectivity index (χ3v) is 7.85. The normalized spacial score (nSPS) is 17.0. The van der Waals surface area contributed by atoms with Crippen LogP contribution in [-0.4, -0.2) is 71.8 Å². The topological polar surface area (TPSA) is 160 Å². The van der Waals surface area contributed by atoms with Crippen LogP contribution in [0.1, 0.15) is 56.5 Å². The van der Waals surface area contributed by atoms with Gasteiger partial charge in [0.1, 0.15) is 24.0 Å². The zero-order chi connectivity index (χ0) is 31.3. The van der Waals surface area contributed by atoms with E-state index in [9.17, 15) is 24.0 Å². The number of ether oxygens (including phenoxy) is 1. The zero-order valence-corrected chi connectivity index (χ0v) is 24.3. The maximum Gasteiger partial charge on any atom is 0.262 e. The standard InChI is InChI=1S/C33H31N5O7/c39-27-11-10-24(31(41)37-27)38-32(42)23-8-3-6-20(29(23)33(38)43)12-16-44-19-28(40)35-14-15-36-30(22-7-4-13-34-18-22)26-17-21-5-1-2-9-25(21)45-26/h1-9,13,17-18,24,30,36H,10-12,14-16,19H2,(H,35,40)(H,37,39,41). The molecule has 5 amide bonds. The van der Waals surface area contributed by atoms with Crippen LogP contribution in [0.5, 0.6) is 0 Å². The van der Waals surface area contributed by atoms with Gasteiger partial charge in [-0.15, -0.1) is 0 Å². The van der Waals surface area contributed by atoms with E-state index in [1.165, 1.54) is 0 Å². The van der Waals surface area contributed by atoms with Crippen LogP contribution in [0.15, 0.2) is 77.5 Å². The van der Waals surface area contributed by atoms with Gasteiger partial charge in [0, 0.05) is 37.3 Å². The summed E-state index contributed by atoms with van der Waals surface area (Å²) in [7, 11) is 0. The molecule has 6 rings (SSSR count). The average molecular weight is 610 g/mol. The van der Waals surface area contributed by atoms with Crippen LogP contribution in [0.3, 0.4) is 0 Å². The fraction of sp³-hybridized carbons (Fsp3) is 0.273. The van der Waals surface area contributed by atoms with E-state index in [1.54, 1.807) is 30.6 Å². The lowest BCUT2D eigenvalue weighted by Crippen LogP contribution is -2.54. The molecule has 4 aromatic rings. The summed E-state index contributed by atoms with van der Waals surface area (Å²) < 4.78 is 11.7. The SMILES string of the molecule is O=C(COCCc1cccc2c1C(=O)N(C1CCC(=O)NC1=O)C2=O)NCCNC(c1cccnc1)c1cc2ccccc2o1.